The molecule has 0 aliphatic heterocycles. The van der Waals surface area contributed by atoms with Crippen LogP contribution in [0.1, 0.15) is 32.6 Å². The zero-order valence-electron chi connectivity index (χ0n) is 11.7. The Balaban J connectivity index is 1.89. The van der Waals surface area contributed by atoms with Gasteiger partial charge in [0.05, 0.1) is 4.47 Å². The molecule has 20 heavy (non-hydrogen) atoms. The van der Waals surface area contributed by atoms with Crippen molar-refractivity contribution >= 4 is 27.5 Å². The summed E-state index contributed by atoms with van der Waals surface area (Å²) in [4.78, 5) is 6.99. The third-order valence-electron chi connectivity index (χ3n) is 4.08. The standard InChI is InChI=1S/C14H20BrN5/c1-2-19(11-7-5-10(16)6-8-11)14-17-13-12(15)4-3-9-20(13)18-14/h3-4,9-11H,2,5-8,16H2,1H3. The molecule has 0 amide bonds. The van der Waals surface area contributed by atoms with Gasteiger partial charge >= 0.3 is 0 Å². The lowest BCUT2D eigenvalue weighted by atomic mass is 9.91. The quantitative estimate of drug-likeness (QED) is 0.935. The van der Waals surface area contributed by atoms with Gasteiger partial charge in [-0.2, -0.15) is 4.98 Å². The van der Waals surface area contributed by atoms with Crippen molar-refractivity contribution in [2.45, 2.75) is 44.7 Å². The summed E-state index contributed by atoms with van der Waals surface area (Å²) in [6, 6.07) is 4.83. The maximum Gasteiger partial charge on any atom is 0.245 e. The van der Waals surface area contributed by atoms with Crippen LogP contribution in [0.25, 0.3) is 5.65 Å². The maximum atomic E-state index is 6.00. The Hall–Kier alpha value is -1.14. The molecule has 0 saturated heterocycles. The highest BCUT2D eigenvalue weighted by molar-refractivity contribution is 9.10. The molecule has 0 radical (unpaired) electrons. The molecule has 0 bridgehead atoms. The molecule has 2 N–H and O–H groups in total. The monoisotopic (exact) mass is 337 g/mol. The molecule has 1 fully saturated rings. The first-order valence-electron chi connectivity index (χ1n) is 7.22. The van der Waals surface area contributed by atoms with Crippen LogP contribution < -0.4 is 10.6 Å². The van der Waals surface area contributed by atoms with E-state index in [0.717, 1.165) is 48.3 Å². The summed E-state index contributed by atoms with van der Waals surface area (Å²) in [6.07, 6.45) is 6.38. The second kappa shape index (κ2) is 5.69. The number of nitrogens with two attached hydrogens (primary N) is 1. The molecular weight excluding hydrogens is 318 g/mol. The van der Waals surface area contributed by atoms with E-state index in [-0.39, 0.29) is 0 Å². The van der Waals surface area contributed by atoms with Gasteiger partial charge in [0, 0.05) is 24.8 Å². The van der Waals surface area contributed by atoms with Gasteiger partial charge in [-0.3, -0.25) is 0 Å². The fourth-order valence-electron chi connectivity index (χ4n) is 2.96. The van der Waals surface area contributed by atoms with Crippen molar-refractivity contribution in [3.63, 3.8) is 0 Å². The van der Waals surface area contributed by atoms with E-state index in [1.165, 1.54) is 0 Å². The lowest BCUT2D eigenvalue weighted by molar-refractivity contribution is 0.375. The average molecular weight is 338 g/mol. The number of aromatic nitrogens is 3. The van der Waals surface area contributed by atoms with Gasteiger partial charge in [-0.15, -0.1) is 5.10 Å². The van der Waals surface area contributed by atoms with Crippen LogP contribution in [0.4, 0.5) is 5.95 Å². The summed E-state index contributed by atoms with van der Waals surface area (Å²) >= 11 is 3.53. The number of anilines is 1. The van der Waals surface area contributed by atoms with Crippen LogP contribution >= 0.6 is 15.9 Å². The lowest BCUT2D eigenvalue weighted by Crippen LogP contribution is -2.41. The second-order valence-electron chi connectivity index (χ2n) is 5.39. The Morgan fingerprint density at radius 3 is 2.80 bits per heavy atom. The minimum Gasteiger partial charge on any atom is -0.337 e. The highest BCUT2D eigenvalue weighted by Crippen LogP contribution is 2.26. The van der Waals surface area contributed by atoms with E-state index < -0.39 is 0 Å². The van der Waals surface area contributed by atoms with E-state index in [4.69, 9.17) is 5.73 Å². The predicted octanol–water partition coefficient (Wildman–Crippen LogP) is 2.59. The zero-order chi connectivity index (χ0) is 14.1. The van der Waals surface area contributed by atoms with Gasteiger partial charge in [0.1, 0.15) is 0 Å². The number of fused-ring (bicyclic) bond motifs is 1. The third-order valence-corrected chi connectivity index (χ3v) is 4.70. The Morgan fingerprint density at radius 2 is 2.15 bits per heavy atom. The predicted molar refractivity (Wildman–Crippen MR) is 83.9 cm³/mol. The highest BCUT2D eigenvalue weighted by Gasteiger charge is 2.26. The molecule has 108 valence electrons. The summed E-state index contributed by atoms with van der Waals surface area (Å²) < 4.78 is 2.80. The molecule has 5 nitrogen and oxygen atoms in total. The number of nitrogens with zero attached hydrogens (tertiary/aromatic N) is 4. The Morgan fingerprint density at radius 1 is 1.40 bits per heavy atom. The van der Waals surface area contributed by atoms with Crippen LogP contribution in [0.5, 0.6) is 0 Å². The van der Waals surface area contributed by atoms with Crippen LogP contribution in [-0.2, 0) is 0 Å². The fourth-order valence-corrected chi connectivity index (χ4v) is 3.38. The van der Waals surface area contributed by atoms with Crippen LogP contribution in [0.3, 0.4) is 0 Å². The molecule has 2 aromatic rings. The van der Waals surface area contributed by atoms with E-state index in [2.05, 4.69) is 37.8 Å². The van der Waals surface area contributed by atoms with E-state index in [1.54, 1.807) is 0 Å². The van der Waals surface area contributed by atoms with Gasteiger partial charge in [0.15, 0.2) is 5.65 Å². The topological polar surface area (TPSA) is 59.5 Å². The van der Waals surface area contributed by atoms with Gasteiger partial charge in [-0.05, 0) is 60.7 Å². The summed E-state index contributed by atoms with van der Waals surface area (Å²) in [7, 11) is 0. The second-order valence-corrected chi connectivity index (χ2v) is 6.25. The van der Waals surface area contributed by atoms with Gasteiger partial charge < -0.3 is 10.6 Å². The fraction of sp³-hybridized carbons (Fsp3) is 0.571. The highest BCUT2D eigenvalue weighted by atomic mass is 79.9. The van der Waals surface area contributed by atoms with E-state index in [9.17, 15) is 0 Å². The minimum absolute atomic E-state index is 0.369. The van der Waals surface area contributed by atoms with Crippen molar-refractivity contribution in [1.82, 2.24) is 14.6 Å². The number of pyridine rings is 1. The molecule has 0 aromatic carbocycles. The maximum absolute atomic E-state index is 6.00. The van der Waals surface area contributed by atoms with Crippen molar-refractivity contribution in [1.29, 1.82) is 0 Å². The van der Waals surface area contributed by atoms with Gasteiger partial charge in [-0.1, -0.05) is 0 Å². The Kier molecular flexibility index (Phi) is 3.94. The Labute approximate surface area is 127 Å². The Bertz CT molecular complexity index is 588. The van der Waals surface area contributed by atoms with Gasteiger partial charge in [-0.25, -0.2) is 4.52 Å². The molecule has 1 saturated carbocycles. The van der Waals surface area contributed by atoms with Crippen LogP contribution in [0, 0.1) is 0 Å². The van der Waals surface area contributed by atoms with Crippen LogP contribution in [0.2, 0.25) is 0 Å². The van der Waals surface area contributed by atoms with Crippen molar-refractivity contribution in [3.05, 3.63) is 22.8 Å². The summed E-state index contributed by atoms with van der Waals surface area (Å²) in [5.41, 5.74) is 6.87. The molecule has 6 heteroatoms. The van der Waals surface area contributed by atoms with E-state index in [1.807, 2.05) is 22.8 Å². The third kappa shape index (κ3) is 2.54. The first-order valence-corrected chi connectivity index (χ1v) is 8.01. The summed E-state index contributed by atoms with van der Waals surface area (Å²) in [6.45, 7) is 3.09. The molecule has 0 spiro atoms. The van der Waals surface area contributed by atoms with E-state index in [0.29, 0.717) is 12.1 Å². The van der Waals surface area contributed by atoms with Crippen molar-refractivity contribution in [2.24, 2.45) is 5.73 Å². The number of halogens is 1. The number of hydrogen-bond acceptors (Lipinski definition) is 4. The lowest BCUT2D eigenvalue weighted by Gasteiger charge is -2.34. The van der Waals surface area contributed by atoms with E-state index >= 15 is 0 Å². The zero-order valence-corrected chi connectivity index (χ0v) is 13.3. The van der Waals surface area contributed by atoms with Crippen LogP contribution in [0.15, 0.2) is 22.8 Å². The van der Waals surface area contributed by atoms with Gasteiger partial charge in [0.25, 0.3) is 0 Å². The van der Waals surface area contributed by atoms with Crippen LogP contribution in [-0.4, -0.2) is 33.2 Å². The van der Waals surface area contributed by atoms with Crippen molar-refractivity contribution in [3.8, 4) is 0 Å². The molecule has 1 aliphatic rings. The first kappa shape index (κ1) is 13.8. The normalized spacial score (nSPS) is 23.1. The van der Waals surface area contributed by atoms with Crippen molar-refractivity contribution in [2.75, 3.05) is 11.4 Å². The smallest absolute Gasteiger partial charge is 0.245 e. The minimum atomic E-state index is 0.369. The molecule has 0 unspecified atom stereocenters. The van der Waals surface area contributed by atoms with Gasteiger partial charge in [0.2, 0.25) is 5.95 Å². The number of rotatable bonds is 3. The molecular formula is C14H20BrN5. The average Bonchev–Trinajstić information content (AvgIpc) is 2.87. The molecule has 3 rings (SSSR count). The molecule has 2 aromatic heterocycles. The number of hydrogen-bond donors (Lipinski definition) is 1. The largest absolute Gasteiger partial charge is 0.337 e. The molecule has 0 atom stereocenters. The summed E-state index contributed by atoms with van der Waals surface area (Å²) in [5, 5.41) is 4.61. The molecule has 2 heterocycles. The van der Waals surface area contributed by atoms with Crippen molar-refractivity contribution < 1.29 is 0 Å². The summed E-state index contributed by atoms with van der Waals surface area (Å²) in [5.74, 6) is 0.819. The molecule has 1 aliphatic carbocycles. The first-order chi connectivity index (χ1) is 9.69. The SMILES string of the molecule is CCN(c1nc2c(Br)cccn2n1)C1CCC(N)CC1.